The van der Waals surface area contributed by atoms with Gasteiger partial charge in [-0.05, 0) is 24.3 Å². The van der Waals surface area contributed by atoms with Crippen LogP contribution < -0.4 is 9.47 Å². The number of carbonyl (C=O) groups is 2. The van der Waals surface area contributed by atoms with Gasteiger partial charge in [-0.15, -0.1) is 0 Å². The summed E-state index contributed by atoms with van der Waals surface area (Å²) >= 11 is 0. The Morgan fingerprint density at radius 3 is 1.75 bits per heavy atom. The van der Waals surface area contributed by atoms with Gasteiger partial charge in [-0.25, -0.2) is 8.78 Å². The van der Waals surface area contributed by atoms with E-state index in [2.05, 4.69) is 0 Å². The van der Waals surface area contributed by atoms with Gasteiger partial charge in [0.05, 0.1) is 14.2 Å². The van der Waals surface area contributed by atoms with Gasteiger partial charge in [0.25, 0.3) is 11.8 Å². The predicted molar refractivity (Wildman–Crippen MR) is 97.7 cm³/mol. The van der Waals surface area contributed by atoms with E-state index in [1.807, 2.05) is 0 Å². The number of nitrogens with zero attached hydrogens (tertiary/aromatic N) is 2. The summed E-state index contributed by atoms with van der Waals surface area (Å²) in [5.41, 5.74) is -0.170. The summed E-state index contributed by atoms with van der Waals surface area (Å²) < 4.78 is 38.1. The van der Waals surface area contributed by atoms with Gasteiger partial charge in [0.2, 0.25) is 0 Å². The fourth-order valence-corrected chi connectivity index (χ4v) is 3.09. The van der Waals surface area contributed by atoms with Crippen LogP contribution in [0.5, 0.6) is 11.5 Å². The molecule has 0 atom stereocenters. The molecule has 28 heavy (non-hydrogen) atoms. The summed E-state index contributed by atoms with van der Waals surface area (Å²) in [4.78, 5) is 28.2. The summed E-state index contributed by atoms with van der Waals surface area (Å²) in [7, 11) is 2.99. The Morgan fingerprint density at radius 2 is 1.29 bits per heavy atom. The molecule has 0 spiro atoms. The van der Waals surface area contributed by atoms with Crippen LogP contribution in [0.2, 0.25) is 0 Å². The molecule has 1 saturated heterocycles. The molecule has 0 aliphatic carbocycles. The number of ether oxygens (including phenoxy) is 2. The number of hydrogen-bond acceptors (Lipinski definition) is 4. The Labute approximate surface area is 161 Å². The Kier molecular flexibility index (Phi) is 5.77. The van der Waals surface area contributed by atoms with Crippen molar-refractivity contribution in [1.29, 1.82) is 0 Å². The van der Waals surface area contributed by atoms with Crippen molar-refractivity contribution in [3.05, 3.63) is 59.2 Å². The van der Waals surface area contributed by atoms with Crippen LogP contribution in [0.15, 0.2) is 36.4 Å². The number of rotatable bonds is 4. The van der Waals surface area contributed by atoms with Crippen LogP contribution in [0.4, 0.5) is 8.78 Å². The van der Waals surface area contributed by atoms with Crippen LogP contribution >= 0.6 is 0 Å². The van der Waals surface area contributed by atoms with E-state index in [9.17, 15) is 18.4 Å². The van der Waals surface area contributed by atoms with Crippen LogP contribution in [0.25, 0.3) is 0 Å². The smallest absolute Gasteiger partial charge is 0.259 e. The number of halogens is 2. The fraction of sp³-hybridized carbons (Fsp3) is 0.300. The predicted octanol–water partition coefficient (Wildman–Crippen LogP) is 2.58. The molecule has 2 aromatic carbocycles. The zero-order valence-electron chi connectivity index (χ0n) is 15.6. The Balaban J connectivity index is 1.70. The largest absolute Gasteiger partial charge is 0.497 e. The van der Waals surface area contributed by atoms with Crippen molar-refractivity contribution in [2.24, 2.45) is 0 Å². The van der Waals surface area contributed by atoms with E-state index >= 15 is 0 Å². The van der Waals surface area contributed by atoms with Gasteiger partial charge < -0.3 is 19.3 Å². The second-order valence-corrected chi connectivity index (χ2v) is 6.28. The normalized spacial score (nSPS) is 14.0. The van der Waals surface area contributed by atoms with Crippen LogP contribution in [-0.2, 0) is 0 Å². The van der Waals surface area contributed by atoms with E-state index in [4.69, 9.17) is 9.47 Å². The van der Waals surface area contributed by atoms with E-state index < -0.39 is 23.1 Å². The zero-order valence-corrected chi connectivity index (χ0v) is 15.6. The summed E-state index contributed by atoms with van der Waals surface area (Å²) in [5, 5.41) is 0. The Bertz CT molecular complexity index is 853. The van der Waals surface area contributed by atoms with Crippen molar-refractivity contribution in [3.8, 4) is 11.5 Å². The molecule has 1 fully saturated rings. The first-order valence-electron chi connectivity index (χ1n) is 8.70. The molecule has 0 bridgehead atoms. The summed E-state index contributed by atoms with van der Waals surface area (Å²) in [6, 6.07) is 8.18. The molecule has 0 unspecified atom stereocenters. The first kappa shape index (κ1) is 19.6. The molecule has 6 nitrogen and oxygen atoms in total. The first-order valence-corrected chi connectivity index (χ1v) is 8.70. The monoisotopic (exact) mass is 390 g/mol. The third-order valence-electron chi connectivity index (χ3n) is 4.63. The van der Waals surface area contributed by atoms with Crippen molar-refractivity contribution in [2.75, 3.05) is 40.4 Å². The zero-order chi connectivity index (χ0) is 20.3. The number of hydrogen-bond donors (Lipinski definition) is 0. The number of benzene rings is 2. The van der Waals surface area contributed by atoms with Crippen LogP contribution in [0, 0.1) is 11.6 Å². The SMILES string of the molecule is COc1cc(OC)cc(C(=O)N2CCN(C(=O)c3c(F)cccc3F)CC2)c1. The highest BCUT2D eigenvalue weighted by Gasteiger charge is 2.28. The van der Waals surface area contributed by atoms with Crippen LogP contribution in [0.3, 0.4) is 0 Å². The van der Waals surface area contributed by atoms with Crippen molar-refractivity contribution in [2.45, 2.75) is 0 Å². The number of piperazine rings is 1. The topological polar surface area (TPSA) is 59.1 Å². The molecular formula is C20H20F2N2O4. The quantitative estimate of drug-likeness (QED) is 0.805. The highest BCUT2D eigenvalue weighted by molar-refractivity contribution is 5.96. The third-order valence-corrected chi connectivity index (χ3v) is 4.63. The number of methoxy groups -OCH3 is 2. The lowest BCUT2D eigenvalue weighted by molar-refractivity contribution is 0.0529. The summed E-state index contributed by atoms with van der Waals surface area (Å²) in [6.07, 6.45) is 0. The maximum atomic E-state index is 13.8. The Hall–Kier alpha value is -3.16. The van der Waals surface area contributed by atoms with Crippen molar-refractivity contribution in [1.82, 2.24) is 9.80 Å². The number of carbonyl (C=O) groups excluding carboxylic acids is 2. The molecule has 0 N–H and O–H groups in total. The molecule has 3 rings (SSSR count). The van der Waals surface area contributed by atoms with Crippen molar-refractivity contribution < 1.29 is 27.8 Å². The Morgan fingerprint density at radius 1 is 0.821 bits per heavy atom. The van der Waals surface area contributed by atoms with Crippen LogP contribution in [0.1, 0.15) is 20.7 Å². The van der Waals surface area contributed by atoms with E-state index in [0.29, 0.717) is 17.1 Å². The second kappa shape index (κ2) is 8.24. The average Bonchev–Trinajstić information content (AvgIpc) is 2.72. The summed E-state index contributed by atoms with van der Waals surface area (Å²) in [5.74, 6) is -1.76. The lowest BCUT2D eigenvalue weighted by Gasteiger charge is -2.35. The van der Waals surface area contributed by atoms with Gasteiger partial charge >= 0.3 is 0 Å². The van der Waals surface area contributed by atoms with Crippen molar-refractivity contribution in [3.63, 3.8) is 0 Å². The second-order valence-electron chi connectivity index (χ2n) is 6.28. The van der Waals surface area contributed by atoms with Crippen LogP contribution in [-0.4, -0.2) is 62.0 Å². The van der Waals surface area contributed by atoms with Gasteiger partial charge in [0.1, 0.15) is 28.7 Å². The molecule has 148 valence electrons. The minimum Gasteiger partial charge on any atom is -0.497 e. The molecule has 1 aliphatic heterocycles. The van der Waals surface area contributed by atoms with Gasteiger partial charge in [-0.3, -0.25) is 9.59 Å². The van der Waals surface area contributed by atoms with Gasteiger partial charge in [-0.1, -0.05) is 6.07 Å². The highest BCUT2D eigenvalue weighted by atomic mass is 19.1. The van der Waals surface area contributed by atoms with Gasteiger partial charge in [0, 0.05) is 37.8 Å². The molecule has 0 saturated carbocycles. The van der Waals surface area contributed by atoms with E-state index in [-0.39, 0.29) is 32.1 Å². The standard InChI is InChI=1S/C20H20F2N2O4/c1-27-14-10-13(11-15(12-14)28-2)19(25)23-6-8-24(9-7-23)20(26)18-16(21)4-3-5-17(18)22/h3-5,10-12H,6-9H2,1-2H3. The lowest BCUT2D eigenvalue weighted by atomic mass is 10.1. The molecule has 1 heterocycles. The molecule has 0 radical (unpaired) electrons. The van der Waals surface area contributed by atoms with E-state index in [1.165, 1.54) is 25.2 Å². The first-order chi connectivity index (χ1) is 13.4. The van der Waals surface area contributed by atoms with Gasteiger partial charge in [-0.2, -0.15) is 0 Å². The molecule has 2 aromatic rings. The summed E-state index contributed by atoms with van der Waals surface area (Å²) in [6.45, 7) is 0.860. The molecule has 0 aromatic heterocycles. The van der Waals surface area contributed by atoms with Gasteiger partial charge in [0.15, 0.2) is 0 Å². The van der Waals surface area contributed by atoms with Crippen molar-refractivity contribution >= 4 is 11.8 Å². The number of amides is 2. The lowest BCUT2D eigenvalue weighted by Crippen LogP contribution is -2.50. The third kappa shape index (κ3) is 3.90. The maximum Gasteiger partial charge on any atom is 0.259 e. The molecule has 2 amide bonds. The average molecular weight is 390 g/mol. The van der Waals surface area contributed by atoms with E-state index in [1.54, 1.807) is 23.1 Å². The molecular weight excluding hydrogens is 370 g/mol. The molecule has 8 heteroatoms. The highest BCUT2D eigenvalue weighted by Crippen LogP contribution is 2.24. The minimum atomic E-state index is -0.896. The fourth-order valence-electron chi connectivity index (χ4n) is 3.09. The molecule has 1 aliphatic rings. The minimum absolute atomic E-state index is 0.180. The van der Waals surface area contributed by atoms with E-state index in [0.717, 1.165) is 12.1 Å². The maximum absolute atomic E-state index is 13.8.